The monoisotopic (exact) mass is 283 g/mol. The Morgan fingerprint density at radius 1 is 1.32 bits per heavy atom. The van der Waals surface area contributed by atoms with E-state index in [0.717, 1.165) is 17.1 Å². The van der Waals surface area contributed by atoms with Gasteiger partial charge in [-0.25, -0.2) is 18.4 Å². The number of hydrogen-bond acceptors (Lipinski definition) is 5. The fraction of sp³-hybridized carbons (Fsp3) is 0.692. The highest BCUT2D eigenvalue weighted by Crippen LogP contribution is 2.31. The molecule has 2 rings (SSSR count). The van der Waals surface area contributed by atoms with Gasteiger partial charge in [0, 0.05) is 24.2 Å². The number of aromatic nitrogens is 2. The van der Waals surface area contributed by atoms with Gasteiger partial charge in [0.15, 0.2) is 9.84 Å². The van der Waals surface area contributed by atoms with Crippen molar-refractivity contribution in [3.05, 3.63) is 17.1 Å². The molecule has 0 bridgehead atoms. The van der Waals surface area contributed by atoms with E-state index in [2.05, 4.69) is 29.1 Å². The van der Waals surface area contributed by atoms with Crippen molar-refractivity contribution < 1.29 is 8.42 Å². The Kier molecular flexibility index (Phi) is 3.80. The van der Waals surface area contributed by atoms with Crippen LogP contribution < -0.4 is 5.32 Å². The fourth-order valence-electron chi connectivity index (χ4n) is 2.67. The van der Waals surface area contributed by atoms with Gasteiger partial charge in [-0.1, -0.05) is 13.8 Å². The third-order valence-electron chi connectivity index (χ3n) is 3.57. The lowest BCUT2D eigenvalue weighted by Crippen LogP contribution is -2.13. The summed E-state index contributed by atoms with van der Waals surface area (Å²) >= 11 is 0. The molecule has 5 nitrogen and oxygen atoms in total. The second-order valence-corrected chi connectivity index (χ2v) is 7.66. The Morgan fingerprint density at radius 3 is 2.47 bits per heavy atom. The SMILES string of the molecule is CNc1nc(C2CCS(=O)(=O)C2)nc(C)c1C(C)C. The Labute approximate surface area is 114 Å². The predicted molar refractivity (Wildman–Crippen MR) is 76.4 cm³/mol. The van der Waals surface area contributed by atoms with E-state index in [9.17, 15) is 8.42 Å². The summed E-state index contributed by atoms with van der Waals surface area (Å²) in [5.74, 6) is 2.19. The van der Waals surface area contributed by atoms with Crippen molar-refractivity contribution in [2.24, 2.45) is 0 Å². The molecule has 106 valence electrons. The van der Waals surface area contributed by atoms with Gasteiger partial charge in [0.1, 0.15) is 11.6 Å². The van der Waals surface area contributed by atoms with Crippen molar-refractivity contribution in [2.45, 2.75) is 39.0 Å². The zero-order valence-corrected chi connectivity index (χ0v) is 12.7. The maximum absolute atomic E-state index is 11.6. The van der Waals surface area contributed by atoms with Crippen LogP contribution in [0.15, 0.2) is 0 Å². The molecule has 0 aromatic carbocycles. The Bertz CT molecular complexity index is 582. The highest BCUT2D eigenvalue weighted by Gasteiger charge is 2.31. The largest absolute Gasteiger partial charge is 0.373 e. The molecule has 0 aliphatic carbocycles. The Morgan fingerprint density at radius 2 is 2.00 bits per heavy atom. The van der Waals surface area contributed by atoms with E-state index in [-0.39, 0.29) is 17.4 Å². The van der Waals surface area contributed by atoms with Crippen molar-refractivity contribution in [2.75, 3.05) is 23.9 Å². The first-order chi connectivity index (χ1) is 8.84. The van der Waals surface area contributed by atoms with E-state index in [0.29, 0.717) is 18.2 Å². The molecule has 19 heavy (non-hydrogen) atoms. The molecule has 0 amide bonds. The summed E-state index contributed by atoms with van der Waals surface area (Å²) in [6, 6.07) is 0. The van der Waals surface area contributed by atoms with Crippen LogP contribution in [0.2, 0.25) is 0 Å². The second-order valence-electron chi connectivity index (χ2n) is 5.43. The third kappa shape index (κ3) is 2.88. The maximum Gasteiger partial charge on any atom is 0.151 e. The standard InChI is InChI=1S/C13H21N3O2S/c1-8(2)11-9(3)15-12(16-13(11)14-4)10-5-6-19(17,18)7-10/h8,10H,5-7H2,1-4H3,(H,14,15,16). The molecule has 1 unspecified atom stereocenters. The summed E-state index contributed by atoms with van der Waals surface area (Å²) in [7, 11) is -1.07. The van der Waals surface area contributed by atoms with Crippen LogP contribution in [0.5, 0.6) is 0 Å². The quantitative estimate of drug-likeness (QED) is 0.916. The van der Waals surface area contributed by atoms with Gasteiger partial charge in [0.2, 0.25) is 0 Å². The molecule has 1 atom stereocenters. The lowest BCUT2D eigenvalue weighted by molar-refractivity contribution is 0.601. The topological polar surface area (TPSA) is 72.0 Å². The number of nitrogens with one attached hydrogen (secondary N) is 1. The van der Waals surface area contributed by atoms with Crippen molar-refractivity contribution in [3.63, 3.8) is 0 Å². The van der Waals surface area contributed by atoms with Crippen LogP contribution in [0.1, 0.15) is 49.2 Å². The highest BCUT2D eigenvalue weighted by molar-refractivity contribution is 7.91. The first kappa shape index (κ1) is 14.2. The predicted octanol–water partition coefficient (Wildman–Crippen LogP) is 1.85. The molecule has 1 aliphatic rings. The zero-order valence-electron chi connectivity index (χ0n) is 11.9. The van der Waals surface area contributed by atoms with Gasteiger partial charge in [0.05, 0.1) is 11.5 Å². The van der Waals surface area contributed by atoms with Crippen LogP contribution in [0.4, 0.5) is 5.82 Å². The van der Waals surface area contributed by atoms with E-state index in [1.807, 2.05) is 14.0 Å². The molecule has 1 saturated heterocycles. The van der Waals surface area contributed by atoms with E-state index in [1.165, 1.54) is 0 Å². The summed E-state index contributed by atoms with van der Waals surface area (Å²) in [6.07, 6.45) is 0.631. The molecule has 2 heterocycles. The number of nitrogens with zero attached hydrogens (tertiary/aromatic N) is 2. The summed E-state index contributed by atoms with van der Waals surface area (Å²) in [5.41, 5.74) is 2.04. The molecule has 6 heteroatoms. The average molecular weight is 283 g/mol. The lowest BCUT2D eigenvalue weighted by atomic mass is 10.0. The van der Waals surface area contributed by atoms with Crippen molar-refractivity contribution in [3.8, 4) is 0 Å². The maximum atomic E-state index is 11.6. The van der Waals surface area contributed by atoms with Gasteiger partial charge < -0.3 is 5.32 Å². The Balaban J connectivity index is 2.42. The van der Waals surface area contributed by atoms with Crippen molar-refractivity contribution >= 4 is 15.7 Å². The van der Waals surface area contributed by atoms with Crippen LogP contribution in [0.25, 0.3) is 0 Å². The van der Waals surface area contributed by atoms with Crippen LogP contribution in [-0.4, -0.2) is 36.9 Å². The Hall–Kier alpha value is -1.17. The molecule has 0 saturated carbocycles. The zero-order chi connectivity index (χ0) is 14.2. The number of aryl methyl sites for hydroxylation is 1. The highest BCUT2D eigenvalue weighted by atomic mass is 32.2. The van der Waals surface area contributed by atoms with Crippen molar-refractivity contribution in [1.82, 2.24) is 9.97 Å². The van der Waals surface area contributed by atoms with E-state index in [4.69, 9.17) is 0 Å². The normalized spacial score (nSPS) is 21.8. The number of hydrogen-bond donors (Lipinski definition) is 1. The fourth-order valence-corrected chi connectivity index (χ4v) is 4.41. The van der Waals surface area contributed by atoms with Crippen LogP contribution >= 0.6 is 0 Å². The summed E-state index contributed by atoms with van der Waals surface area (Å²) in [5, 5.41) is 3.10. The lowest BCUT2D eigenvalue weighted by Gasteiger charge is -2.17. The molecule has 1 fully saturated rings. The minimum absolute atomic E-state index is 0.0583. The smallest absolute Gasteiger partial charge is 0.151 e. The molecule has 0 spiro atoms. The molecule has 1 aromatic rings. The molecular weight excluding hydrogens is 262 g/mol. The minimum atomic E-state index is -2.90. The number of rotatable bonds is 3. The van der Waals surface area contributed by atoms with Crippen LogP contribution in [0, 0.1) is 6.92 Å². The first-order valence-electron chi connectivity index (χ1n) is 6.60. The van der Waals surface area contributed by atoms with E-state index in [1.54, 1.807) is 0 Å². The van der Waals surface area contributed by atoms with E-state index >= 15 is 0 Å². The van der Waals surface area contributed by atoms with Gasteiger partial charge in [-0.2, -0.15) is 0 Å². The molecule has 1 N–H and O–H groups in total. The van der Waals surface area contributed by atoms with Gasteiger partial charge >= 0.3 is 0 Å². The summed E-state index contributed by atoms with van der Waals surface area (Å²) in [4.78, 5) is 9.07. The van der Waals surface area contributed by atoms with Crippen LogP contribution in [0.3, 0.4) is 0 Å². The molecular formula is C13H21N3O2S. The van der Waals surface area contributed by atoms with Crippen molar-refractivity contribution in [1.29, 1.82) is 0 Å². The minimum Gasteiger partial charge on any atom is -0.373 e. The summed E-state index contributed by atoms with van der Waals surface area (Å²) in [6.45, 7) is 6.17. The second kappa shape index (κ2) is 5.07. The average Bonchev–Trinajstić information content (AvgIpc) is 2.68. The number of anilines is 1. The molecule has 1 aromatic heterocycles. The van der Waals surface area contributed by atoms with Gasteiger partial charge in [-0.15, -0.1) is 0 Å². The molecule has 0 radical (unpaired) electrons. The first-order valence-corrected chi connectivity index (χ1v) is 8.43. The van der Waals surface area contributed by atoms with Crippen LogP contribution in [-0.2, 0) is 9.84 Å². The number of sulfone groups is 1. The van der Waals surface area contributed by atoms with Gasteiger partial charge in [0.25, 0.3) is 0 Å². The van der Waals surface area contributed by atoms with Gasteiger partial charge in [-0.05, 0) is 19.3 Å². The summed E-state index contributed by atoms with van der Waals surface area (Å²) < 4.78 is 23.1. The van der Waals surface area contributed by atoms with E-state index < -0.39 is 9.84 Å². The third-order valence-corrected chi connectivity index (χ3v) is 5.33. The van der Waals surface area contributed by atoms with Gasteiger partial charge in [-0.3, -0.25) is 0 Å². The molecule has 1 aliphatic heterocycles.